The summed E-state index contributed by atoms with van der Waals surface area (Å²) in [5.41, 5.74) is 3.65. The van der Waals surface area contributed by atoms with Gasteiger partial charge in [0.25, 0.3) is 5.91 Å². The normalized spacial score (nSPS) is 17.8. The topological polar surface area (TPSA) is 91.8 Å². The Labute approximate surface area is 249 Å². The van der Waals surface area contributed by atoms with Crippen molar-refractivity contribution in [2.75, 3.05) is 38.6 Å². The summed E-state index contributed by atoms with van der Waals surface area (Å²) in [5, 5.41) is 4.87. The molecule has 0 radical (unpaired) electrons. The van der Waals surface area contributed by atoms with Gasteiger partial charge >= 0.3 is 0 Å². The average Bonchev–Trinajstić information content (AvgIpc) is 3.71. The van der Waals surface area contributed by atoms with Crippen molar-refractivity contribution < 1.29 is 17.9 Å². The number of benzene rings is 2. The van der Waals surface area contributed by atoms with E-state index in [0.717, 1.165) is 71.1 Å². The maximum absolute atomic E-state index is 13.5. The highest BCUT2D eigenvalue weighted by Crippen LogP contribution is 2.45. The van der Waals surface area contributed by atoms with Gasteiger partial charge in [0.05, 0.1) is 21.2 Å². The third kappa shape index (κ3) is 5.84. The van der Waals surface area contributed by atoms with E-state index in [1.807, 2.05) is 18.2 Å². The van der Waals surface area contributed by atoms with E-state index in [1.165, 1.54) is 26.9 Å². The summed E-state index contributed by atoms with van der Waals surface area (Å²) in [6.07, 6.45) is 3.76. The second kappa shape index (κ2) is 11.9. The number of carbonyl (C=O) groups is 1. The van der Waals surface area contributed by atoms with Crippen molar-refractivity contribution in [2.24, 2.45) is 0 Å². The first kappa shape index (κ1) is 28.4. The van der Waals surface area contributed by atoms with E-state index in [0.29, 0.717) is 18.7 Å². The number of thiophene rings is 1. The lowest BCUT2D eigenvalue weighted by Crippen LogP contribution is -2.34. The molecule has 2 aliphatic heterocycles. The number of thiazole rings is 1. The molecule has 0 saturated carbocycles. The monoisotopic (exact) mass is 610 g/mol. The zero-order valence-corrected chi connectivity index (χ0v) is 25.7. The Balaban J connectivity index is 1.26. The van der Waals surface area contributed by atoms with E-state index in [-0.39, 0.29) is 16.9 Å². The van der Waals surface area contributed by atoms with Gasteiger partial charge in [-0.25, -0.2) is 13.4 Å². The molecule has 1 N–H and O–H groups in total. The lowest BCUT2D eigenvalue weighted by Gasteiger charge is -2.26. The second-order valence-corrected chi connectivity index (χ2v) is 14.8. The van der Waals surface area contributed by atoms with Crippen molar-refractivity contribution in [3.05, 3.63) is 64.5 Å². The number of nitrogens with zero attached hydrogens (tertiary/aromatic N) is 3. The molecule has 4 heterocycles. The van der Waals surface area contributed by atoms with E-state index < -0.39 is 10.0 Å². The summed E-state index contributed by atoms with van der Waals surface area (Å²) in [6, 6.07) is 14.3. The highest BCUT2D eigenvalue weighted by molar-refractivity contribution is 7.89. The molecule has 1 atom stereocenters. The molecule has 2 aromatic carbocycles. The third-order valence-corrected chi connectivity index (χ3v) is 11.7. The molecule has 6 rings (SSSR count). The number of fused-ring (bicyclic) bond motifs is 2. The van der Waals surface area contributed by atoms with Gasteiger partial charge in [-0.3, -0.25) is 9.69 Å². The zero-order valence-electron chi connectivity index (χ0n) is 23.3. The SMILES string of the molecule is CCCN1CCc2c(sc(NC(=O)c3ccc(S(=O)(=O)N(C)CC4CCCO4)cc3)c2-c2nc3ccccc3s2)C1. The molecule has 11 heteroatoms. The standard InChI is InChI=1S/C30H34N4O4S3/c1-3-15-34-16-14-23-26(19-34)40-30(27(23)29-31-24-8-4-5-9-25(24)39-29)32-28(35)20-10-12-22(13-11-20)41(36,37)33(2)18-21-7-6-17-38-21/h4-5,8-13,21H,3,6-7,14-19H2,1-2H3,(H,32,35). The van der Waals surface area contributed by atoms with E-state index >= 15 is 0 Å². The fraction of sp³-hybridized carbons (Fsp3) is 0.400. The Hall–Kier alpha value is -2.67. The molecule has 2 aliphatic rings. The Morgan fingerprint density at radius 3 is 2.71 bits per heavy atom. The van der Waals surface area contributed by atoms with Gasteiger partial charge in [-0.1, -0.05) is 19.1 Å². The summed E-state index contributed by atoms with van der Waals surface area (Å²) in [7, 11) is -2.11. The quantitative estimate of drug-likeness (QED) is 0.256. The fourth-order valence-electron chi connectivity index (χ4n) is 5.56. The van der Waals surface area contributed by atoms with Gasteiger partial charge in [-0.2, -0.15) is 4.31 Å². The predicted octanol–water partition coefficient (Wildman–Crippen LogP) is 5.84. The fourth-order valence-corrected chi connectivity index (χ4v) is 9.16. The largest absolute Gasteiger partial charge is 0.377 e. The van der Waals surface area contributed by atoms with Gasteiger partial charge in [0.1, 0.15) is 10.0 Å². The second-order valence-electron chi connectivity index (χ2n) is 10.6. The maximum atomic E-state index is 13.5. The van der Waals surface area contributed by atoms with Crippen LogP contribution in [0.1, 0.15) is 47.0 Å². The van der Waals surface area contributed by atoms with Crippen molar-refractivity contribution >= 4 is 53.8 Å². The van der Waals surface area contributed by atoms with Crippen LogP contribution < -0.4 is 5.32 Å². The number of aromatic nitrogens is 1. The Morgan fingerprint density at radius 2 is 1.98 bits per heavy atom. The summed E-state index contributed by atoms with van der Waals surface area (Å²) in [4.78, 5) is 22.3. The highest BCUT2D eigenvalue weighted by Gasteiger charge is 2.29. The van der Waals surface area contributed by atoms with Gasteiger partial charge in [-0.15, -0.1) is 22.7 Å². The number of carbonyl (C=O) groups excluding carboxylic acids is 1. The van der Waals surface area contributed by atoms with Gasteiger partial charge in [0, 0.05) is 49.3 Å². The minimum absolute atomic E-state index is 0.0740. The van der Waals surface area contributed by atoms with Crippen LogP contribution in [0.25, 0.3) is 20.8 Å². The number of sulfonamides is 1. The molecule has 8 nitrogen and oxygen atoms in total. The Morgan fingerprint density at radius 1 is 1.17 bits per heavy atom. The van der Waals surface area contributed by atoms with Gasteiger partial charge < -0.3 is 10.1 Å². The van der Waals surface area contributed by atoms with Crippen LogP contribution in [0.4, 0.5) is 5.00 Å². The smallest absolute Gasteiger partial charge is 0.256 e. The molecule has 2 aromatic heterocycles. The van der Waals surface area contributed by atoms with E-state index in [4.69, 9.17) is 9.72 Å². The van der Waals surface area contributed by atoms with Gasteiger partial charge in [0.2, 0.25) is 10.0 Å². The molecule has 216 valence electrons. The molecular weight excluding hydrogens is 577 g/mol. The number of anilines is 1. The predicted molar refractivity (Wildman–Crippen MR) is 165 cm³/mol. The zero-order chi connectivity index (χ0) is 28.6. The van der Waals surface area contributed by atoms with Crippen LogP contribution in [0.15, 0.2) is 53.4 Å². The van der Waals surface area contributed by atoms with Crippen LogP contribution in [0.5, 0.6) is 0 Å². The summed E-state index contributed by atoms with van der Waals surface area (Å²) in [6.45, 7) is 6.09. The molecule has 1 fully saturated rings. The van der Waals surface area contributed by atoms with Crippen molar-refractivity contribution in [3.8, 4) is 10.6 Å². The van der Waals surface area contributed by atoms with Crippen LogP contribution in [-0.4, -0.2) is 67.9 Å². The Bertz CT molecular complexity index is 1620. The average molecular weight is 611 g/mol. The number of para-hydroxylation sites is 1. The number of hydrogen-bond donors (Lipinski definition) is 1. The number of likely N-dealkylation sites (N-methyl/N-ethyl adjacent to an activating group) is 1. The highest BCUT2D eigenvalue weighted by atomic mass is 32.2. The molecule has 41 heavy (non-hydrogen) atoms. The van der Waals surface area contributed by atoms with E-state index in [9.17, 15) is 13.2 Å². The lowest BCUT2D eigenvalue weighted by molar-refractivity contribution is 0.0979. The van der Waals surface area contributed by atoms with Crippen molar-refractivity contribution in [1.82, 2.24) is 14.2 Å². The maximum Gasteiger partial charge on any atom is 0.256 e. The minimum atomic E-state index is -3.68. The molecule has 1 amide bonds. The molecular formula is C30H34N4O4S3. The Kier molecular flexibility index (Phi) is 8.26. The first-order chi connectivity index (χ1) is 19.8. The summed E-state index contributed by atoms with van der Waals surface area (Å²) >= 11 is 3.27. The van der Waals surface area contributed by atoms with Crippen molar-refractivity contribution in [3.63, 3.8) is 0 Å². The number of hydrogen-bond acceptors (Lipinski definition) is 8. The number of amides is 1. The molecule has 0 aliphatic carbocycles. The van der Waals surface area contributed by atoms with E-state index in [2.05, 4.69) is 23.2 Å². The van der Waals surface area contributed by atoms with E-state index in [1.54, 1.807) is 41.9 Å². The number of rotatable bonds is 9. The summed E-state index contributed by atoms with van der Waals surface area (Å²) < 4.78 is 34.3. The van der Waals surface area contributed by atoms with Crippen molar-refractivity contribution in [2.45, 2.75) is 50.2 Å². The van der Waals surface area contributed by atoms with Crippen LogP contribution in [0.2, 0.25) is 0 Å². The number of ether oxygens (including phenoxy) is 1. The molecule has 1 unspecified atom stereocenters. The van der Waals surface area contributed by atoms with Crippen LogP contribution >= 0.6 is 22.7 Å². The first-order valence-electron chi connectivity index (χ1n) is 14.1. The number of nitrogens with one attached hydrogen (secondary N) is 1. The van der Waals surface area contributed by atoms with Crippen LogP contribution in [0, 0.1) is 0 Å². The molecule has 0 bridgehead atoms. The minimum Gasteiger partial charge on any atom is -0.377 e. The van der Waals surface area contributed by atoms with Crippen LogP contribution in [-0.2, 0) is 27.7 Å². The first-order valence-corrected chi connectivity index (χ1v) is 17.1. The third-order valence-electron chi connectivity index (χ3n) is 7.72. The van der Waals surface area contributed by atoms with Gasteiger partial charge in [-0.05, 0) is 74.2 Å². The molecule has 0 spiro atoms. The molecule has 1 saturated heterocycles. The van der Waals surface area contributed by atoms with Crippen molar-refractivity contribution in [1.29, 1.82) is 0 Å². The molecule has 4 aromatic rings. The van der Waals surface area contributed by atoms with Crippen LogP contribution in [0.3, 0.4) is 0 Å². The van der Waals surface area contributed by atoms with Gasteiger partial charge in [0.15, 0.2) is 0 Å². The summed E-state index contributed by atoms with van der Waals surface area (Å²) in [5.74, 6) is -0.270. The lowest BCUT2D eigenvalue weighted by atomic mass is 10.0.